The van der Waals surface area contributed by atoms with Gasteiger partial charge in [0, 0.05) is 16.8 Å². The van der Waals surface area contributed by atoms with Crippen molar-refractivity contribution in [3.63, 3.8) is 0 Å². The lowest BCUT2D eigenvalue weighted by Crippen LogP contribution is -1.89. The van der Waals surface area contributed by atoms with Crippen molar-refractivity contribution in [1.82, 2.24) is 0 Å². The number of aliphatic imine (C=N–C) groups is 1. The molecule has 0 atom stereocenters. The molecule has 0 aliphatic heterocycles. The lowest BCUT2D eigenvalue weighted by molar-refractivity contribution is 0.414. The predicted octanol–water partition coefficient (Wildman–Crippen LogP) is 7.89. The topological polar surface area (TPSA) is 64.2 Å². The molecule has 1 heterocycles. The first-order valence-corrected chi connectivity index (χ1v) is 11.3. The van der Waals surface area contributed by atoms with Gasteiger partial charge in [-0.3, -0.25) is 0 Å². The summed E-state index contributed by atoms with van der Waals surface area (Å²) in [6.07, 6.45) is 1.70. The lowest BCUT2D eigenvalue weighted by atomic mass is 9.99. The van der Waals surface area contributed by atoms with Crippen LogP contribution in [0.5, 0.6) is 17.2 Å². The molecule has 4 aromatic carbocycles. The highest BCUT2D eigenvalue weighted by Gasteiger charge is 2.20. The maximum absolute atomic E-state index is 11.1. The van der Waals surface area contributed by atoms with Gasteiger partial charge in [0.15, 0.2) is 0 Å². The summed E-state index contributed by atoms with van der Waals surface area (Å²) in [5, 5.41) is 12.3. The Morgan fingerprint density at radius 1 is 0.829 bits per heavy atom. The maximum Gasteiger partial charge on any atom is 0.228 e. The molecule has 0 amide bonds. The van der Waals surface area contributed by atoms with Gasteiger partial charge < -0.3 is 19.0 Å². The fourth-order valence-electron chi connectivity index (χ4n) is 4.02. The van der Waals surface area contributed by atoms with Gasteiger partial charge in [-0.05, 0) is 65.2 Å². The van der Waals surface area contributed by atoms with E-state index >= 15 is 0 Å². The number of hydrogen-bond acceptors (Lipinski definition) is 5. The molecule has 0 fully saturated rings. The number of para-hydroxylation sites is 1. The van der Waals surface area contributed by atoms with E-state index in [0.717, 1.165) is 28.0 Å². The lowest BCUT2D eigenvalue weighted by Gasteiger charge is -2.06. The van der Waals surface area contributed by atoms with E-state index in [4.69, 9.17) is 25.5 Å². The third kappa shape index (κ3) is 4.46. The van der Waals surface area contributed by atoms with Crippen molar-refractivity contribution < 1.29 is 19.0 Å². The van der Waals surface area contributed by atoms with E-state index in [-0.39, 0.29) is 5.75 Å². The summed E-state index contributed by atoms with van der Waals surface area (Å²) < 4.78 is 17.0. The van der Waals surface area contributed by atoms with Gasteiger partial charge >= 0.3 is 0 Å². The number of methoxy groups -OCH3 is 2. The van der Waals surface area contributed by atoms with Crippen molar-refractivity contribution in [2.75, 3.05) is 14.2 Å². The van der Waals surface area contributed by atoms with Crippen LogP contribution < -0.4 is 9.47 Å². The molecule has 0 spiro atoms. The fraction of sp³-hybridized carbons (Fsp3) is 0.0690. The van der Waals surface area contributed by atoms with Crippen molar-refractivity contribution in [1.29, 1.82) is 0 Å². The van der Waals surface area contributed by atoms with Crippen LogP contribution in [0.3, 0.4) is 0 Å². The number of ether oxygens (including phenoxy) is 2. The van der Waals surface area contributed by atoms with E-state index in [0.29, 0.717) is 33.2 Å². The van der Waals surface area contributed by atoms with Gasteiger partial charge in [0.2, 0.25) is 5.88 Å². The first-order chi connectivity index (χ1) is 17.1. The van der Waals surface area contributed by atoms with Gasteiger partial charge in [0.25, 0.3) is 0 Å². The van der Waals surface area contributed by atoms with E-state index in [2.05, 4.69) is 4.99 Å². The molecule has 5 nitrogen and oxygen atoms in total. The number of furan rings is 1. The first-order valence-electron chi connectivity index (χ1n) is 10.9. The number of benzene rings is 4. The zero-order valence-corrected chi connectivity index (χ0v) is 19.9. The molecular weight excluding hydrogens is 462 g/mol. The normalized spacial score (nSPS) is 11.3. The van der Waals surface area contributed by atoms with Crippen LogP contribution in [0.15, 0.2) is 94.3 Å². The van der Waals surface area contributed by atoms with Crippen molar-refractivity contribution in [2.24, 2.45) is 4.99 Å². The van der Waals surface area contributed by atoms with Crippen LogP contribution >= 0.6 is 11.6 Å². The summed E-state index contributed by atoms with van der Waals surface area (Å²) in [7, 11) is 3.24. The van der Waals surface area contributed by atoms with Gasteiger partial charge in [0.1, 0.15) is 22.8 Å². The van der Waals surface area contributed by atoms with Crippen LogP contribution in [0.2, 0.25) is 5.02 Å². The minimum atomic E-state index is 0.0979. The highest BCUT2D eigenvalue weighted by molar-refractivity contribution is 6.30. The van der Waals surface area contributed by atoms with Gasteiger partial charge in [-0.2, -0.15) is 0 Å². The highest BCUT2D eigenvalue weighted by Crippen LogP contribution is 2.46. The Kier molecular flexibility index (Phi) is 6.17. The molecule has 174 valence electrons. The molecule has 0 saturated carbocycles. The Labute approximate surface area is 207 Å². The summed E-state index contributed by atoms with van der Waals surface area (Å²) in [6, 6.07) is 26.2. The molecule has 1 N–H and O–H groups in total. The smallest absolute Gasteiger partial charge is 0.228 e. The number of nitrogens with zero attached hydrogens (tertiary/aromatic N) is 1. The second-order valence-corrected chi connectivity index (χ2v) is 8.32. The third-order valence-electron chi connectivity index (χ3n) is 5.77. The standard InChI is InChI=1S/C29H22ClNO4/c1-33-23-13-9-19(10-14-23)27-28-24(32)15-21(18-7-11-22(30)12-8-18)16-26(28)35-29(27)31-17-20-5-3-4-6-25(20)34-2/h3-17,32H,1-2H3. The largest absolute Gasteiger partial charge is 0.507 e. The van der Waals surface area contributed by atoms with E-state index in [1.165, 1.54) is 0 Å². The molecule has 35 heavy (non-hydrogen) atoms. The molecule has 5 aromatic rings. The second-order valence-electron chi connectivity index (χ2n) is 7.89. The minimum absolute atomic E-state index is 0.0979. The van der Waals surface area contributed by atoms with Crippen LogP contribution in [-0.4, -0.2) is 25.5 Å². The van der Waals surface area contributed by atoms with Crippen molar-refractivity contribution in [2.45, 2.75) is 0 Å². The number of rotatable bonds is 6. The van der Waals surface area contributed by atoms with Gasteiger partial charge in [-0.15, -0.1) is 0 Å². The molecule has 6 heteroatoms. The summed E-state index contributed by atoms with van der Waals surface area (Å²) in [4.78, 5) is 4.66. The summed E-state index contributed by atoms with van der Waals surface area (Å²) in [6.45, 7) is 0. The van der Waals surface area contributed by atoms with E-state index < -0.39 is 0 Å². The zero-order chi connectivity index (χ0) is 24.4. The summed E-state index contributed by atoms with van der Waals surface area (Å²) in [5.41, 5.74) is 4.57. The van der Waals surface area contributed by atoms with E-state index in [1.807, 2.05) is 78.9 Å². The number of phenolic OH excluding ortho intramolecular Hbond substituents is 1. The zero-order valence-electron chi connectivity index (χ0n) is 19.2. The summed E-state index contributed by atoms with van der Waals surface area (Å²) >= 11 is 6.04. The average molecular weight is 484 g/mol. The predicted molar refractivity (Wildman–Crippen MR) is 141 cm³/mol. The van der Waals surface area contributed by atoms with E-state index in [9.17, 15) is 5.11 Å². The number of hydrogen-bond donors (Lipinski definition) is 1. The van der Waals surface area contributed by atoms with Crippen LogP contribution in [-0.2, 0) is 0 Å². The Balaban J connectivity index is 1.69. The van der Waals surface area contributed by atoms with Gasteiger partial charge in [-0.1, -0.05) is 48.0 Å². The van der Waals surface area contributed by atoms with Crippen LogP contribution in [0.4, 0.5) is 5.88 Å². The van der Waals surface area contributed by atoms with Crippen LogP contribution in [0.1, 0.15) is 5.56 Å². The van der Waals surface area contributed by atoms with Crippen molar-refractivity contribution in [3.8, 4) is 39.5 Å². The number of halogens is 1. The van der Waals surface area contributed by atoms with Crippen LogP contribution in [0, 0.1) is 0 Å². The number of aromatic hydroxyl groups is 1. The van der Waals surface area contributed by atoms with Crippen molar-refractivity contribution >= 4 is 34.7 Å². The number of phenols is 1. The SMILES string of the molecule is COc1ccc(-c2c(N=Cc3ccccc3OC)oc3cc(-c4ccc(Cl)cc4)cc(O)c23)cc1. The Bertz CT molecular complexity index is 1520. The monoisotopic (exact) mass is 483 g/mol. The molecule has 0 saturated heterocycles. The molecule has 1 aromatic heterocycles. The molecule has 0 aliphatic rings. The molecule has 5 rings (SSSR count). The summed E-state index contributed by atoms with van der Waals surface area (Å²) in [5.74, 6) is 1.90. The molecule has 0 aliphatic carbocycles. The molecule has 0 bridgehead atoms. The Morgan fingerprint density at radius 2 is 1.54 bits per heavy atom. The average Bonchev–Trinajstić information content (AvgIpc) is 3.27. The fourth-order valence-corrected chi connectivity index (χ4v) is 4.15. The maximum atomic E-state index is 11.1. The Hall–Kier alpha value is -4.22. The molecular formula is C29H22ClNO4. The first kappa shape index (κ1) is 22.6. The highest BCUT2D eigenvalue weighted by atomic mass is 35.5. The third-order valence-corrected chi connectivity index (χ3v) is 6.02. The second kappa shape index (κ2) is 9.57. The minimum Gasteiger partial charge on any atom is -0.507 e. The van der Waals surface area contributed by atoms with Gasteiger partial charge in [-0.25, -0.2) is 4.99 Å². The molecule has 0 unspecified atom stereocenters. The Morgan fingerprint density at radius 3 is 2.26 bits per heavy atom. The van der Waals surface area contributed by atoms with Crippen molar-refractivity contribution in [3.05, 3.63) is 95.5 Å². The quantitative estimate of drug-likeness (QED) is 0.249. The van der Waals surface area contributed by atoms with Crippen LogP contribution in [0.25, 0.3) is 33.2 Å². The number of fused-ring (bicyclic) bond motifs is 1. The molecule has 0 radical (unpaired) electrons. The van der Waals surface area contributed by atoms with E-state index in [1.54, 1.807) is 26.5 Å². The van der Waals surface area contributed by atoms with Gasteiger partial charge in [0.05, 0.1) is 25.2 Å².